The van der Waals surface area contributed by atoms with Crippen molar-refractivity contribution in [1.29, 1.82) is 0 Å². The molecule has 2 aromatic rings. The molecule has 0 bridgehead atoms. The number of hydrogen-bond acceptors (Lipinski definition) is 6. The minimum absolute atomic E-state index is 0.0343. The largest absolute Gasteiger partial charge is 0.503 e. The number of hydrogen-bond donors (Lipinski definition) is 2. The quantitative estimate of drug-likeness (QED) is 0.717. The van der Waals surface area contributed by atoms with Crippen molar-refractivity contribution in [3.8, 4) is 0 Å². The lowest BCUT2D eigenvalue weighted by molar-refractivity contribution is -0.129. The van der Waals surface area contributed by atoms with Crippen LogP contribution in [0.25, 0.3) is 0 Å². The molecule has 1 aromatic carbocycles. The molecule has 0 radical (unpaired) electrons. The van der Waals surface area contributed by atoms with Crippen LogP contribution in [0.4, 0.5) is 0 Å². The highest BCUT2D eigenvalue weighted by Gasteiger charge is 2.44. The van der Waals surface area contributed by atoms with Gasteiger partial charge in [-0.1, -0.05) is 23.7 Å². The fourth-order valence-electron chi connectivity index (χ4n) is 3.21. The molecule has 1 aromatic heterocycles. The van der Waals surface area contributed by atoms with E-state index in [1.165, 1.54) is 16.2 Å². The van der Waals surface area contributed by atoms with Gasteiger partial charge in [-0.15, -0.1) is 11.3 Å². The van der Waals surface area contributed by atoms with Crippen LogP contribution in [0.3, 0.4) is 0 Å². The van der Waals surface area contributed by atoms with Crippen molar-refractivity contribution in [2.75, 3.05) is 13.2 Å². The number of aromatic nitrogens is 1. The Balaban J connectivity index is 2.10. The van der Waals surface area contributed by atoms with Crippen LogP contribution in [-0.2, 0) is 4.79 Å². The number of thiazole rings is 1. The first-order chi connectivity index (χ1) is 12.8. The van der Waals surface area contributed by atoms with Crippen LogP contribution in [0, 0.1) is 13.8 Å². The maximum Gasteiger partial charge on any atom is 0.290 e. The Bertz CT molecular complexity index is 920. The van der Waals surface area contributed by atoms with E-state index in [1.54, 1.807) is 38.1 Å². The Hall–Kier alpha value is -2.22. The predicted octanol–water partition coefficient (Wildman–Crippen LogP) is 3.37. The molecule has 1 amide bonds. The number of carbonyl (C=O) groups excluding carboxylic acids is 2. The van der Waals surface area contributed by atoms with Crippen molar-refractivity contribution >= 4 is 34.6 Å². The maximum atomic E-state index is 13.2. The summed E-state index contributed by atoms with van der Waals surface area (Å²) in [6.45, 7) is 3.64. The highest BCUT2D eigenvalue weighted by Crippen LogP contribution is 2.40. The number of amides is 1. The number of aryl methyl sites for hydroxylation is 2. The molecule has 0 aliphatic carbocycles. The van der Waals surface area contributed by atoms with Crippen molar-refractivity contribution in [2.24, 2.45) is 0 Å². The van der Waals surface area contributed by atoms with Gasteiger partial charge < -0.3 is 15.1 Å². The third kappa shape index (κ3) is 3.63. The van der Waals surface area contributed by atoms with E-state index < -0.39 is 23.5 Å². The second-order valence-electron chi connectivity index (χ2n) is 6.27. The summed E-state index contributed by atoms with van der Waals surface area (Å²) in [5, 5.41) is 20.9. The molecule has 2 N–H and O–H groups in total. The Morgan fingerprint density at radius 1 is 1.30 bits per heavy atom. The fraction of sp³-hybridized carbons (Fsp3) is 0.316. The van der Waals surface area contributed by atoms with Crippen LogP contribution in [-0.4, -0.2) is 44.9 Å². The summed E-state index contributed by atoms with van der Waals surface area (Å²) >= 11 is 7.20. The second kappa shape index (κ2) is 7.80. The predicted molar refractivity (Wildman–Crippen MR) is 103 cm³/mol. The summed E-state index contributed by atoms with van der Waals surface area (Å²) in [4.78, 5) is 31.9. The van der Waals surface area contributed by atoms with E-state index in [2.05, 4.69) is 4.98 Å². The first kappa shape index (κ1) is 19.5. The van der Waals surface area contributed by atoms with Crippen molar-refractivity contribution in [3.63, 3.8) is 0 Å². The monoisotopic (exact) mass is 406 g/mol. The number of aliphatic hydroxyl groups excluding tert-OH is 2. The smallest absolute Gasteiger partial charge is 0.290 e. The molecule has 2 heterocycles. The molecular weight excluding hydrogens is 388 g/mol. The molecule has 0 saturated carbocycles. The normalized spacial score (nSPS) is 17.1. The van der Waals surface area contributed by atoms with Gasteiger partial charge in [0, 0.05) is 18.2 Å². The molecule has 3 rings (SSSR count). The fourth-order valence-corrected chi connectivity index (χ4v) is 4.21. The summed E-state index contributed by atoms with van der Waals surface area (Å²) < 4.78 is 0. The average molecular weight is 407 g/mol. The highest BCUT2D eigenvalue weighted by atomic mass is 35.5. The van der Waals surface area contributed by atoms with E-state index in [4.69, 9.17) is 16.7 Å². The van der Waals surface area contributed by atoms with Gasteiger partial charge in [-0.25, -0.2) is 4.98 Å². The molecule has 1 atom stereocenters. The van der Waals surface area contributed by atoms with Gasteiger partial charge in [0.25, 0.3) is 5.91 Å². The molecule has 0 fully saturated rings. The zero-order valence-corrected chi connectivity index (χ0v) is 16.5. The number of nitrogens with zero attached hydrogens (tertiary/aromatic N) is 2. The van der Waals surface area contributed by atoms with E-state index in [0.717, 1.165) is 5.01 Å². The number of halogens is 1. The van der Waals surface area contributed by atoms with Crippen molar-refractivity contribution in [2.45, 2.75) is 26.3 Å². The lowest BCUT2D eigenvalue weighted by Gasteiger charge is -2.26. The molecule has 142 valence electrons. The van der Waals surface area contributed by atoms with Crippen LogP contribution < -0.4 is 0 Å². The van der Waals surface area contributed by atoms with Crippen molar-refractivity contribution in [3.05, 3.63) is 61.8 Å². The van der Waals surface area contributed by atoms with Gasteiger partial charge in [0.15, 0.2) is 5.76 Å². The van der Waals surface area contributed by atoms with Crippen LogP contribution in [0.5, 0.6) is 0 Å². The number of ketones is 1. The van der Waals surface area contributed by atoms with Crippen molar-refractivity contribution in [1.82, 2.24) is 9.88 Å². The molecule has 27 heavy (non-hydrogen) atoms. The molecule has 8 heteroatoms. The number of aliphatic hydroxyl groups is 2. The maximum absolute atomic E-state index is 13.2. The standard InChI is InChI=1S/C19H19ClN2O4S/c1-10-18(27-11(2)21-10)16(24)14-15(12-4-6-13(20)7-5-12)22(8-3-9-23)19(26)17(14)25/h4-7,15,23,25H,3,8-9H2,1-2H3/t15-/m1/s1. The van der Waals surface area contributed by atoms with Crippen LogP contribution in [0.15, 0.2) is 35.6 Å². The molecule has 6 nitrogen and oxygen atoms in total. The average Bonchev–Trinajstić information content (AvgIpc) is 3.10. The Kier molecular flexibility index (Phi) is 5.64. The minimum Gasteiger partial charge on any atom is -0.503 e. The lowest BCUT2D eigenvalue weighted by Crippen LogP contribution is -2.32. The number of carbonyl (C=O) groups is 2. The molecule has 0 saturated heterocycles. The summed E-state index contributed by atoms with van der Waals surface area (Å²) in [5.74, 6) is -1.58. The van der Waals surface area contributed by atoms with Gasteiger partial charge >= 0.3 is 0 Å². The van der Waals surface area contributed by atoms with E-state index >= 15 is 0 Å². The lowest BCUT2D eigenvalue weighted by atomic mass is 9.95. The zero-order valence-electron chi connectivity index (χ0n) is 14.9. The summed E-state index contributed by atoms with van der Waals surface area (Å²) in [6.07, 6.45) is 0.337. The molecule has 0 unspecified atom stereocenters. The minimum atomic E-state index is -0.740. The topological polar surface area (TPSA) is 90.7 Å². The number of rotatable bonds is 6. The van der Waals surface area contributed by atoms with Gasteiger partial charge in [0.2, 0.25) is 5.78 Å². The molecule has 0 spiro atoms. The number of Topliss-reactive ketones (excluding diaryl/α,β-unsaturated/α-hetero) is 1. The van der Waals surface area contributed by atoms with Crippen LogP contribution >= 0.6 is 22.9 Å². The summed E-state index contributed by atoms with van der Waals surface area (Å²) in [6, 6.07) is 6.05. The highest BCUT2D eigenvalue weighted by molar-refractivity contribution is 7.14. The Labute approximate surface area is 165 Å². The van der Waals surface area contributed by atoms with E-state index in [9.17, 15) is 14.7 Å². The SMILES string of the molecule is Cc1nc(C)c(C(=O)C2=C(O)C(=O)N(CCCO)[C@@H]2c2ccc(Cl)cc2)s1. The van der Waals surface area contributed by atoms with E-state index in [1.807, 2.05) is 0 Å². The first-order valence-electron chi connectivity index (χ1n) is 8.44. The van der Waals surface area contributed by atoms with Gasteiger partial charge in [-0.3, -0.25) is 9.59 Å². The third-order valence-electron chi connectivity index (χ3n) is 4.40. The Morgan fingerprint density at radius 2 is 1.96 bits per heavy atom. The first-order valence-corrected chi connectivity index (χ1v) is 9.63. The van der Waals surface area contributed by atoms with E-state index in [-0.39, 0.29) is 18.7 Å². The summed E-state index contributed by atoms with van der Waals surface area (Å²) in [7, 11) is 0. The van der Waals surface area contributed by atoms with Crippen LogP contribution in [0.2, 0.25) is 5.02 Å². The Morgan fingerprint density at radius 3 is 2.52 bits per heavy atom. The molecule has 1 aliphatic heterocycles. The zero-order chi connectivity index (χ0) is 19.7. The third-order valence-corrected chi connectivity index (χ3v) is 5.72. The van der Waals surface area contributed by atoms with Crippen LogP contribution in [0.1, 0.15) is 38.4 Å². The molecule has 1 aliphatic rings. The van der Waals surface area contributed by atoms with Gasteiger partial charge in [0.1, 0.15) is 0 Å². The summed E-state index contributed by atoms with van der Waals surface area (Å²) in [5.41, 5.74) is 1.27. The van der Waals surface area contributed by atoms with Crippen molar-refractivity contribution < 1.29 is 19.8 Å². The van der Waals surface area contributed by atoms with Gasteiger partial charge in [-0.05, 0) is 38.0 Å². The van der Waals surface area contributed by atoms with E-state index in [0.29, 0.717) is 27.6 Å². The second-order valence-corrected chi connectivity index (χ2v) is 7.91. The molecular formula is C19H19ClN2O4S. The van der Waals surface area contributed by atoms with Gasteiger partial charge in [-0.2, -0.15) is 0 Å². The number of benzene rings is 1. The van der Waals surface area contributed by atoms with Gasteiger partial charge in [0.05, 0.1) is 27.2 Å².